The van der Waals surface area contributed by atoms with Gasteiger partial charge in [-0.25, -0.2) is 0 Å². The van der Waals surface area contributed by atoms with Crippen LogP contribution in [0.15, 0.2) is 119 Å². The lowest BCUT2D eigenvalue weighted by Crippen LogP contribution is -2.26. The van der Waals surface area contributed by atoms with Gasteiger partial charge < -0.3 is 9.64 Å². The summed E-state index contributed by atoms with van der Waals surface area (Å²) in [5, 5.41) is 0. The molecule has 5 rings (SSSR count). The zero-order valence-corrected chi connectivity index (χ0v) is 19.3. The third kappa shape index (κ3) is 4.61. The van der Waals surface area contributed by atoms with Crippen molar-refractivity contribution in [2.45, 2.75) is 22.3 Å². The number of hydrogen-bond donors (Lipinski definition) is 0. The molecule has 5 heteroatoms. The van der Waals surface area contributed by atoms with E-state index in [0.29, 0.717) is 17.7 Å². The Morgan fingerprint density at radius 2 is 1.24 bits per heavy atom. The molecule has 1 unspecified atom stereocenters. The summed E-state index contributed by atoms with van der Waals surface area (Å²) in [5.41, 5.74) is 3.31. The normalized spacial score (nSPS) is 12.9. The minimum atomic E-state index is -0.979. The SMILES string of the molecule is O=C(CCN1c2ccccc2Sc2ccccc21)OC(C(=O)c1ccccc1)c1ccccc1. The van der Waals surface area contributed by atoms with Crippen LogP contribution in [0, 0.1) is 0 Å². The Hall–Kier alpha value is -3.83. The quantitative estimate of drug-likeness (QED) is 0.221. The number of rotatable bonds is 7. The summed E-state index contributed by atoms with van der Waals surface area (Å²) >= 11 is 1.73. The van der Waals surface area contributed by atoms with Gasteiger partial charge in [-0.05, 0) is 24.3 Å². The Morgan fingerprint density at radius 1 is 0.706 bits per heavy atom. The summed E-state index contributed by atoms with van der Waals surface area (Å²) in [6, 6.07) is 34.5. The van der Waals surface area contributed by atoms with Gasteiger partial charge in [-0.15, -0.1) is 0 Å². The lowest BCUT2D eigenvalue weighted by molar-refractivity contribution is -0.147. The Bertz CT molecular complexity index is 1260. The predicted molar refractivity (Wildman–Crippen MR) is 135 cm³/mol. The van der Waals surface area contributed by atoms with E-state index in [0.717, 1.165) is 21.2 Å². The highest BCUT2D eigenvalue weighted by Crippen LogP contribution is 2.47. The maximum absolute atomic E-state index is 13.2. The predicted octanol–water partition coefficient (Wildman–Crippen LogP) is 6.85. The molecule has 168 valence electrons. The molecule has 1 aliphatic rings. The van der Waals surface area contributed by atoms with E-state index < -0.39 is 12.1 Å². The van der Waals surface area contributed by atoms with E-state index in [1.807, 2.05) is 60.7 Å². The van der Waals surface area contributed by atoms with Gasteiger partial charge in [0.15, 0.2) is 6.10 Å². The van der Waals surface area contributed by atoms with Crippen molar-refractivity contribution in [1.82, 2.24) is 0 Å². The van der Waals surface area contributed by atoms with Crippen LogP contribution < -0.4 is 4.90 Å². The average molecular weight is 466 g/mol. The largest absolute Gasteiger partial charge is 0.449 e. The lowest BCUT2D eigenvalue weighted by Gasteiger charge is -2.32. The van der Waals surface area contributed by atoms with Gasteiger partial charge in [0.1, 0.15) is 0 Å². The lowest BCUT2D eigenvalue weighted by atomic mass is 10.00. The number of ketones is 1. The molecule has 0 radical (unpaired) electrons. The Balaban J connectivity index is 1.36. The van der Waals surface area contributed by atoms with Gasteiger partial charge in [-0.2, -0.15) is 0 Å². The first-order valence-electron chi connectivity index (χ1n) is 11.2. The molecule has 1 atom stereocenters. The zero-order chi connectivity index (χ0) is 23.3. The number of anilines is 2. The molecular formula is C29H23NO3S. The second-order valence-corrected chi connectivity index (χ2v) is 9.03. The highest BCUT2D eigenvalue weighted by molar-refractivity contribution is 7.99. The molecule has 0 aromatic heterocycles. The number of esters is 1. The highest BCUT2D eigenvalue weighted by atomic mass is 32.2. The summed E-state index contributed by atoms with van der Waals surface area (Å²) in [5.74, 6) is -0.642. The van der Waals surface area contributed by atoms with Gasteiger partial charge in [0.05, 0.1) is 17.8 Å². The number of fused-ring (bicyclic) bond motifs is 2. The number of para-hydroxylation sites is 2. The molecule has 0 amide bonds. The van der Waals surface area contributed by atoms with E-state index in [-0.39, 0.29) is 12.2 Å². The smallest absolute Gasteiger partial charge is 0.308 e. The van der Waals surface area contributed by atoms with E-state index in [1.165, 1.54) is 0 Å². The maximum Gasteiger partial charge on any atom is 0.308 e. The molecule has 0 fully saturated rings. The van der Waals surface area contributed by atoms with Crippen LogP contribution in [0.25, 0.3) is 0 Å². The van der Waals surface area contributed by atoms with Crippen LogP contribution in [-0.2, 0) is 9.53 Å². The summed E-state index contributed by atoms with van der Waals surface area (Å²) in [4.78, 5) is 30.7. The number of hydrogen-bond acceptors (Lipinski definition) is 5. The molecule has 0 N–H and O–H groups in total. The summed E-state index contributed by atoms with van der Waals surface area (Å²) in [6.45, 7) is 0.453. The molecular weight excluding hydrogens is 442 g/mol. The molecule has 0 aliphatic carbocycles. The van der Waals surface area contributed by atoms with Crippen LogP contribution in [0.5, 0.6) is 0 Å². The van der Waals surface area contributed by atoms with Crippen molar-refractivity contribution in [3.05, 3.63) is 120 Å². The van der Waals surface area contributed by atoms with Crippen LogP contribution >= 0.6 is 11.8 Å². The molecule has 4 aromatic rings. The summed E-state index contributed by atoms with van der Waals surface area (Å²) in [7, 11) is 0. The molecule has 4 nitrogen and oxygen atoms in total. The highest BCUT2D eigenvalue weighted by Gasteiger charge is 2.28. The van der Waals surface area contributed by atoms with Crippen molar-refractivity contribution in [2.75, 3.05) is 11.4 Å². The van der Waals surface area contributed by atoms with Gasteiger partial charge in [0.2, 0.25) is 5.78 Å². The van der Waals surface area contributed by atoms with Gasteiger partial charge in [0.25, 0.3) is 0 Å². The molecule has 0 saturated heterocycles. The minimum absolute atomic E-state index is 0.152. The number of nitrogens with zero attached hydrogens (tertiary/aromatic N) is 1. The molecule has 1 aliphatic heterocycles. The first-order chi connectivity index (χ1) is 16.7. The molecule has 34 heavy (non-hydrogen) atoms. The van der Waals surface area contributed by atoms with Crippen LogP contribution in [0.4, 0.5) is 11.4 Å². The molecule has 4 aromatic carbocycles. The van der Waals surface area contributed by atoms with Crippen molar-refractivity contribution >= 4 is 34.9 Å². The minimum Gasteiger partial charge on any atom is -0.449 e. The number of benzene rings is 4. The van der Waals surface area contributed by atoms with Gasteiger partial charge in [0, 0.05) is 27.5 Å². The fraction of sp³-hybridized carbons (Fsp3) is 0.103. The molecule has 0 bridgehead atoms. The number of carbonyl (C=O) groups is 2. The Kier molecular flexibility index (Phi) is 6.45. The number of ether oxygens (including phenoxy) is 1. The van der Waals surface area contributed by atoms with Crippen LogP contribution in [0.3, 0.4) is 0 Å². The van der Waals surface area contributed by atoms with Crippen LogP contribution in [0.1, 0.15) is 28.4 Å². The summed E-state index contributed by atoms with van der Waals surface area (Å²) in [6.07, 6.45) is -0.828. The maximum atomic E-state index is 13.2. The standard InChI is InChI=1S/C29H23NO3S/c31-27(33-29(22-13-5-2-6-14-22)28(32)21-11-3-1-4-12-21)19-20-30-23-15-7-9-17-25(23)34-26-18-10-8-16-24(26)30/h1-18,29H,19-20H2. The Labute approximate surface area is 203 Å². The molecule has 1 heterocycles. The fourth-order valence-electron chi connectivity index (χ4n) is 4.07. The Morgan fingerprint density at radius 3 is 1.85 bits per heavy atom. The van der Waals surface area contributed by atoms with E-state index in [1.54, 1.807) is 36.0 Å². The van der Waals surface area contributed by atoms with Gasteiger partial charge in [-0.1, -0.05) is 96.7 Å². The number of Topliss-reactive ketones (excluding diaryl/α,β-unsaturated/α-hetero) is 1. The first kappa shape index (κ1) is 22.0. The van der Waals surface area contributed by atoms with Crippen molar-refractivity contribution in [2.24, 2.45) is 0 Å². The van der Waals surface area contributed by atoms with Crippen molar-refractivity contribution in [1.29, 1.82) is 0 Å². The monoisotopic (exact) mass is 465 g/mol. The van der Waals surface area contributed by atoms with Crippen molar-refractivity contribution < 1.29 is 14.3 Å². The third-order valence-corrected chi connectivity index (χ3v) is 6.85. The van der Waals surface area contributed by atoms with Crippen LogP contribution in [-0.4, -0.2) is 18.3 Å². The fourth-order valence-corrected chi connectivity index (χ4v) is 5.17. The van der Waals surface area contributed by atoms with E-state index in [4.69, 9.17) is 4.74 Å². The van der Waals surface area contributed by atoms with Gasteiger partial charge >= 0.3 is 5.97 Å². The average Bonchev–Trinajstić information content (AvgIpc) is 2.90. The molecule has 0 spiro atoms. The second kappa shape index (κ2) is 9.98. The molecule has 0 saturated carbocycles. The number of carbonyl (C=O) groups excluding carboxylic acids is 2. The summed E-state index contributed by atoms with van der Waals surface area (Å²) < 4.78 is 5.80. The first-order valence-corrected chi connectivity index (χ1v) is 12.0. The van der Waals surface area contributed by atoms with Crippen molar-refractivity contribution in [3.63, 3.8) is 0 Å². The van der Waals surface area contributed by atoms with Crippen molar-refractivity contribution in [3.8, 4) is 0 Å². The van der Waals surface area contributed by atoms with Crippen LogP contribution in [0.2, 0.25) is 0 Å². The zero-order valence-electron chi connectivity index (χ0n) is 18.5. The van der Waals surface area contributed by atoms with E-state index >= 15 is 0 Å². The van der Waals surface area contributed by atoms with Gasteiger partial charge in [-0.3, -0.25) is 9.59 Å². The van der Waals surface area contributed by atoms with E-state index in [2.05, 4.69) is 29.2 Å². The van der Waals surface area contributed by atoms with E-state index in [9.17, 15) is 9.59 Å². The third-order valence-electron chi connectivity index (χ3n) is 5.72. The topological polar surface area (TPSA) is 46.6 Å². The second-order valence-electron chi connectivity index (χ2n) is 7.95.